The van der Waals surface area contributed by atoms with E-state index in [0.717, 1.165) is 73.4 Å². The van der Waals surface area contributed by atoms with Gasteiger partial charge in [-0.3, -0.25) is 0 Å². The number of aromatic nitrogens is 2. The summed E-state index contributed by atoms with van der Waals surface area (Å²) in [5.74, 6) is 1.68. The summed E-state index contributed by atoms with van der Waals surface area (Å²) in [4.78, 5) is 14.3. The summed E-state index contributed by atoms with van der Waals surface area (Å²) >= 11 is 6.01. The van der Waals surface area contributed by atoms with Gasteiger partial charge in [0, 0.05) is 62.5 Å². The lowest BCUT2D eigenvalue weighted by Crippen LogP contribution is -2.47. The molecule has 0 unspecified atom stereocenters. The summed E-state index contributed by atoms with van der Waals surface area (Å²) in [6, 6.07) is 16.2. The summed E-state index contributed by atoms with van der Waals surface area (Å²) in [6.45, 7) is 5.16. The maximum Gasteiger partial charge on any atom is 0.228 e. The Bertz CT molecular complexity index is 942. The molecule has 0 atom stereocenters. The number of hydrogen-bond acceptors (Lipinski definition) is 6. The number of piperazine rings is 1. The normalized spacial score (nSPS) is 14.4. The van der Waals surface area contributed by atoms with E-state index >= 15 is 0 Å². The zero-order valence-electron chi connectivity index (χ0n) is 16.6. The standard InChI is InChI=1S/C22H26ClN5O/c1-29-16-4-11-24-21-19-5-2-3-6-20(19)25-22(26-21)28-14-12-27(13-15-28)18-9-7-17(23)8-10-18/h2-3,5-10H,4,11-16H2,1H3,(H,24,25,26). The lowest BCUT2D eigenvalue weighted by molar-refractivity contribution is 0.198. The van der Waals surface area contributed by atoms with E-state index in [4.69, 9.17) is 26.3 Å². The van der Waals surface area contributed by atoms with Crippen molar-refractivity contribution in [1.82, 2.24) is 9.97 Å². The molecule has 1 saturated heterocycles. The number of nitrogens with zero attached hydrogens (tertiary/aromatic N) is 4. The van der Waals surface area contributed by atoms with Gasteiger partial charge < -0.3 is 19.9 Å². The van der Waals surface area contributed by atoms with Crippen molar-refractivity contribution in [3.8, 4) is 0 Å². The van der Waals surface area contributed by atoms with Gasteiger partial charge in [-0.05, 0) is 42.8 Å². The molecule has 1 N–H and O–H groups in total. The zero-order chi connectivity index (χ0) is 20.1. The number of nitrogens with one attached hydrogen (secondary N) is 1. The Morgan fingerprint density at radius 1 is 0.966 bits per heavy atom. The van der Waals surface area contributed by atoms with Crippen LogP contribution in [0.1, 0.15) is 6.42 Å². The van der Waals surface area contributed by atoms with Gasteiger partial charge in [0.25, 0.3) is 0 Å². The van der Waals surface area contributed by atoms with E-state index in [1.165, 1.54) is 5.69 Å². The Morgan fingerprint density at radius 2 is 1.69 bits per heavy atom. The molecule has 152 valence electrons. The van der Waals surface area contributed by atoms with Crippen molar-refractivity contribution in [2.75, 3.05) is 61.6 Å². The van der Waals surface area contributed by atoms with Crippen LogP contribution >= 0.6 is 11.6 Å². The molecule has 0 bridgehead atoms. The second-order valence-electron chi connectivity index (χ2n) is 7.11. The molecular formula is C22H26ClN5O. The lowest BCUT2D eigenvalue weighted by atomic mass is 10.2. The highest BCUT2D eigenvalue weighted by Gasteiger charge is 2.20. The molecule has 0 radical (unpaired) electrons. The number of fused-ring (bicyclic) bond motifs is 1. The lowest BCUT2D eigenvalue weighted by Gasteiger charge is -2.36. The minimum atomic E-state index is 0.732. The number of hydrogen-bond donors (Lipinski definition) is 1. The molecule has 1 aromatic heterocycles. The average Bonchev–Trinajstić information content (AvgIpc) is 2.77. The highest BCUT2D eigenvalue weighted by Crippen LogP contribution is 2.25. The van der Waals surface area contributed by atoms with E-state index in [1.807, 2.05) is 30.3 Å². The summed E-state index contributed by atoms with van der Waals surface area (Å²) in [5.41, 5.74) is 2.17. The van der Waals surface area contributed by atoms with E-state index in [-0.39, 0.29) is 0 Å². The molecular weight excluding hydrogens is 386 g/mol. The fraction of sp³-hybridized carbons (Fsp3) is 0.364. The van der Waals surface area contributed by atoms with Crippen molar-refractivity contribution < 1.29 is 4.74 Å². The largest absolute Gasteiger partial charge is 0.385 e. The van der Waals surface area contributed by atoms with Crippen LogP contribution in [-0.4, -0.2) is 56.4 Å². The first-order chi connectivity index (χ1) is 14.2. The van der Waals surface area contributed by atoms with E-state index < -0.39 is 0 Å². The van der Waals surface area contributed by atoms with Gasteiger partial charge in [-0.25, -0.2) is 4.98 Å². The topological polar surface area (TPSA) is 53.5 Å². The summed E-state index contributed by atoms with van der Waals surface area (Å²) < 4.78 is 5.15. The number of ether oxygens (including phenoxy) is 1. The van der Waals surface area contributed by atoms with E-state index in [1.54, 1.807) is 7.11 Å². The maximum atomic E-state index is 6.01. The number of rotatable bonds is 7. The monoisotopic (exact) mass is 411 g/mol. The molecule has 1 aliphatic heterocycles. The van der Waals surface area contributed by atoms with Gasteiger partial charge in [0.2, 0.25) is 5.95 Å². The van der Waals surface area contributed by atoms with Crippen LogP contribution in [0.15, 0.2) is 48.5 Å². The molecule has 29 heavy (non-hydrogen) atoms. The third-order valence-electron chi connectivity index (χ3n) is 5.16. The van der Waals surface area contributed by atoms with Crippen molar-refractivity contribution >= 4 is 40.0 Å². The smallest absolute Gasteiger partial charge is 0.228 e. The van der Waals surface area contributed by atoms with Gasteiger partial charge in [0.05, 0.1) is 5.52 Å². The first kappa shape index (κ1) is 19.7. The number of anilines is 3. The number of benzene rings is 2. The van der Waals surface area contributed by atoms with Crippen LogP contribution in [-0.2, 0) is 4.74 Å². The van der Waals surface area contributed by atoms with Gasteiger partial charge in [-0.2, -0.15) is 4.98 Å². The van der Waals surface area contributed by atoms with Crippen molar-refractivity contribution in [3.05, 3.63) is 53.6 Å². The SMILES string of the molecule is COCCCNc1nc(N2CCN(c3ccc(Cl)cc3)CC2)nc2ccccc12. The van der Waals surface area contributed by atoms with Crippen LogP contribution in [0.2, 0.25) is 5.02 Å². The minimum Gasteiger partial charge on any atom is -0.385 e. The molecule has 1 aliphatic rings. The van der Waals surface area contributed by atoms with Crippen LogP contribution in [0.25, 0.3) is 10.9 Å². The average molecular weight is 412 g/mol. The number of para-hydroxylation sites is 1. The highest BCUT2D eigenvalue weighted by molar-refractivity contribution is 6.30. The van der Waals surface area contributed by atoms with Gasteiger partial charge in [-0.15, -0.1) is 0 Å². The van der Waals surface area contributed by atoms with Crippen LogP contribution in [0.4, 0.5) is 17.5 Å². The molecule has 3 aromatic rings. The minimum absolute atomic E-state index is 0.732. The van der Waals surface area contributed by atoms with E-state index in [9.17, 15) is 0 Å². The van der Waals surface area contributed by atoms with Crippen molar-refractivity contribution in [1.29, 1.82) is 0 Å². The Hall–Kier alpha value is -2.57. The number of methoxy groups -OCH3 is 1. The molecule has 1 fully saturated rings. The molecule has 0 aliphatic carbocycles. The zero-order valence-corrected chi connectivity index (χ0v) is 17.4. The molecule has 7 heteroatoms. The maximum absolute atomic E-state index is 6.01. The van der Waals surface area contributed by atoms with Gasteiger partial charge in [-0.1, -0.05) is 23.7 Å². The van der Waals surface area contributed by atoms with E-state index in [2.05, 4.69) is 33.3 Å². The number of halogens is 1. The van der Waals surface area contributed by atoms with Crippen molar-refractivity contribution in [2.45, 2.75) is 6.42 Å². The second kappa shape index (κ2) is 9.29. The predicted molar refractivity (Wildman–Crippen MR) is 120 cm³/mol. The first-order valence-corrected chi connectivity index (χ1v) is 10.4. The van der Waals surface area contributed by atoms with Gasteiger partial charge in [0.15, 0.2) is 0 Å². The highest BCUT2D eigenvalue weighted by atomic mass is 35.5. The Balaban J connectivity index is 1.49. The third-order valence-corrected chi connectivity index (χ3v) is 5.42. The summed E-state index contributed by atoms with van der Waals surface area (Å²) in [6.07, 6.45) is 0.934. The molecule has 0 amide bonds. The second-order valence-corrected chi connectivity index (χ2v) is 7.55. The molecule has 4 rings (SSSR count). The van der Waals surface area contributed by atoms with Gasteiger partial charge in [0.1, 0.15) is 5.82 Å². The molecule has 2 aromatic carbocycles. The molecule has 2 heterocycles. The van der Waals surface area contributed by atoms with Crippen LogP contribution in [0.5, 0.6) is 0 Å². The fourth-order valence-electron chi connectivity index (χ4n) is 3.58. The van der Waals surface area contributed by atoms with Crippen LogP contribution < -0.4 is 15.1 Å². The first-order valence-electron chi connectivity index (χ1n) is 9.99. The molecule has 0 spiro atoms. The quantitative estimate of drug-likeness (QED) is 0.592. The van der Waals surface area contributed by atoms with Crippen LogP contribution in [0.3, 0.4) is 0 Å². The van der Waals surface area contributed by atoms with Crippen molar-refractivity contribution in [3.63, 3.8) is 0 Å². The third kappa shape index (κ3) is 4.71. The Kier molecular flexibility index (Phi) is 6.32. The van der Waals surface area contributed by atoms with Crippen molar-refractivity contribution in [2.24, 2.45) is 0 Å². The van der Waals surface area contributed by atoms with E-state index in [0.29, 0.717) is 0 Å². The van der Waals surface area contributed by atoms with Crippen LogP contribution in [0, 0.1) is 0 Å². The summed E-state index contributed by atoms with van der Waals surface area (Å²) in [7, 11) is 1.72. The molecule has 0 saturated carbocycles. The summed E-state index contributed by atoms with van der Waals surface area (Å²) in [5, 5.41) is 5.28. The Labute approximate surface area is 176 Å². The Morgan fingerprint density at radius 3 is 2.45 bits per heavy atom. The van der Waals surface area contributed by atoms with Gasteiger partial charge >= 0.3 is 0 Å². The predicted octanol–water partition coefficient (Wildman–Crippen LogP) is 4.06. The fourth-order valence-corrected chi connectivity index (χ4v) is 3.71. The molecule has 6 nitrogen and oxygen atoms in total.